The highest BCUT2D eigenvalue weighted by Gasteiger charge is 2.23. The van der Waals surface area contributed by atoms with Gasteiger partial charge in [-0.3, -0.25) is 4.89 Å². The van der Waals surface area contributed by atoms with Gasteiger partial charge in [-0.1, -0.05) is 54.6 Å². The lowest BCUT2D eigenvalue weighted by Crippen LogP contribution is -2.28. The van der Waals surface area contributed by atoms with Crippen LogP contribution < -0.4 is 4.74 Å². The minimum absolute atomic E-state index is 0.243. The van der Waals surface area contributed by atoms with E-state index in [1.54, 1.807) is 39.0 Å². The molecule has 5 nitrogen and oxygen atoms in total. The van der Waals surface area contributed by atoms with Crippen molar-refractivity contribution in [1.82, 2.24) is 0 Å². The summed E-state index contributed by atoms with van der Waals surface area (Å²) in [6, 6.07) is 16.6. The van der Waals surface area contributed by atoms with Crippen LogP contribution in [0.1, 0.15) is 31.9 Å². The molecular weight excluding hydrogens is 320 g/mol. The normalized spacial score (nSPS) is 11.3. The van der Waals surface area contributed by atoms with Crippen LogP contribution in [-0.4, -0.2) is 17.5 Å². The van der Waals surface area contributed by atoms with Crippen LogP contribution in [0.4, 0.5) is 0 Å². The Labute approximate surface area is 146 Å². The smallest absolute Gasteiger partial charge is 0.418 e. The van der Waals surface area contributed by atoms with Crippen LogP contribution in [0.25, 0.3) is 12.2 Å². The number of carbonyl (C=O) groups excluding carboxylic acids is 2. The fourth-order valence-electron chi connectivity index (χ4n) is 1.78. The Kier molecular flexibility index (Phi) is 6.08. The number of hydrogen-bond acceptors (Lipinski definition) is 5. The molecule has 0 aromatic heterocycles. The Morgan fingerprint density at radius 2 is 1.48 bits per heavy atom. The first-order chi connectivity index (χ1) is 11.8. The number of ether oxygens (including phenoxy) is 1. The van der Waals surface area contributed by atoms with E-state index >= 15 is 0 Å². The van der Waals surface area contributed by atoms with Crippen molar-refractivity contribution >= 4 is 24.1 Å². The van der Waals surface area contributed by atoms with Gasteiger partial charge in [-0.25, -0.2) is 9.59 Å². The lowest BCUT2D eigenvalue weighted by atomic mass is 10.1. The molecule has 0 unspecified atom stereocenters. The summed E-state index contributed by atoms with van der Waals surface area (Å²) in [6.45, 7) is 5.07. The zero-order chi connectivity index (χ0) is 18.3. The molecule has 2 aromatic carbocycles. The summed E-state index contributed by atoms with van der Waals surface area (Å²) in [7, 11) is 0. The van der Waals surface area contributed by atoms with Crippen LogP contribution in [0.15, 0.2) is 54.6 Å². The van der Waals surface area contributed by atoms with Crippen molar-refractivity contribution < 1.29 is 24.1 Å². The second-order valence-corrected chi connectivity index (χ2v) is 6.27. The molecule has 0 fully saturated rings. The van der Waals surface area contributed by atoms with Gasteiger partial charge in [0.15, 0.2) is 0 Å². The molecule has 0 heterocycles. The van der Waals surface area contributed by atoms with Gasteiger partial charge in [0.1, 0.15) is 11.4 Å². The number of hydrogen-bond donors (Lipinski definition) is 0. The molecule has 130 valence electrons. The molecule has 0 atom stereocenters. The highest BCUT2D eigenvalue weighted by atomic mass is 17.2. The summed E-state index contributed by atoms with van der Waals surface area (Å²) in [5.74, 6) is -2.11. The maximum absolute atomic E-state index is 11.7. The predicted molar refractivity (Wildman–Crippen MR) is 94.4 cm³/mol. The van der Waals surface area contributed by atoms with Crippen LogP contribution in [0.3, 0.4) is 0 Å². The average Bonchev–Trinajstić information content (AvgIpc) is 2.58. The van der Waals surface area contributed by atoms with Crippen molar-refractivity contribution in [2.45, 2.75) is 26.4 Å². The van der Waals surface area contributed by atoms with Gasteiger partial charge >= 0.3 is 11.9 Å². The van der Waals surface area contributed by atoms with Crippen molar-refractivity contribution in [2.24, 2.45) is 0 Å². The molecule has 0 aliphatic heterocycles. The zero-order valence-corrected chi connectivity index (χ0v) is 14.4. The molecule has 0 N–H and O–H groups in total. The molecule has 0 amide bonds. The quantitative estimate of drug-likeness (QED) is 0.210. The van der Waals surface area contributed by atoms with Gasteiger partial charge in [0, 0.05) is 0 Å². The van der Waals surface area contributed by atoms with E-state index < -0.39 is 17.5 Å². The minimum atomic E-state index is -1.21. The van der Waals surface area contributed by atoms with E-state index in [0.29, 0.717) is 0 Å². The molecule has 0 aliphatic rings. The largest absolute Gasteiger partial charge is 0.450 e. The van der Waals surface area contributed by atoms with Crippen molar-refractivity contribution in [2.75, 3.05) is 0 Å². The molecule has 25 heavy (non-hydrogen) atoms. The van der Waals surface area contributed by atoms with Gasteiger partial charge in [0.2, 0.25) is 0 Å². The fraction of sp³-hybridized carbons (Fsp3) is 0.200. The van der Waals surface area contributed by atoms with E-state index in [2.05, 4.69) is 4.89 Å². The minimum Gasteiger partial charge on any atom is -0.418 e. The van der Waals surface area contributed by atoms with Gasteiger partial charge in [0.05, 0.1) is 0 Å². The van der Waals surface area contributed by atoms with E-state index in [1.165, 1.54) is 0 Å². The Hall–Kier alpha value is -2.92. The van der Waals surface area contributed by atoms with Crippen LogP contribution >= 0.6 is 0 Å². The van der Waals surface area contributed by atoms with E-state index in [0.717, 1.165) is 11.1 Å². The highest BCUT2D eigenvalue weighted by Crippen LogP contribution is 2.16. The first-order valence-corrected chi connectivity index (χ1v) is 7.78. The lowest BCUT2D eigenvalue weighted by molar-refractivity contribution is -0.318. The third-order valence-corrected chi connectivity index (χ3v) is 2.87. The first kappa shape index (κ1) is 18.4. The summed E-state index contributed by atoms with van der Waals surface area (Å²) in [5.41, 5.74) is 1.17. The van der Waals surface area contributed by atoms with Crippen molar-refractivity contribution in [1.29, 1.82) is 0 Å². The van der Waals surface area contributed by atoms with E-state index in [9.17, 15) is 9.59 Å². The van der Waals surface area contributed by atoms with Crippen LogP contribution in [0, 0.1) is 0 Å². The molecule has 0 saturated carbocycles. The van der Waals surface area contributed by atoms with E-state index in [1.807, 2.05) is 48.6 Å². The molecule has 0 radical (unpaired) electrons. The molecule has 0 saturated heterocycles. The SMILES string of the molecule is CC(C)(C)OOC(=O)C(=O)Oc1cccc(/C=C/c2ccccc2)c1. The van der Waals surface area contributed by atoms with Gasteiger partial charge < -0.3 is 4.74 Å². The molecule has 2 aromatic rings. The summed E-state index contributed by atoms with van der Waals surface area (Å²) in [5, 5.41) is 0. The molecule has 0 aliphatic carbocycles. The van der Waals surface area contributed by atoms with Gasteiger partial charge in [-0.2, -0.15) is 4.89 Å². The monoisotopic (exact) mass is 340 g/mol. The topological polar surface area (TPSA) is 61.8 Å². The molecular formula is C20H20O5. The Balaban J connectivity index is 1.98. The van der Waals surface area contributed by atoms with Crippen molar-refractivity contribution in [3.05, 3.63) is 65.7 Å². The molecule has 2 rings (SSSR count). The summed E-state index contributed by atoms with van der Waals surface area (Å²) >= 11 is 0. The summed E-state index contributed by atoms with van der Waals surface area (Å²) in [4.78, 5) is 32.5. The fourth-order valence-corrected chi connectivity index (χ4v) is 1.78. The summed E-state index contributed by atoms with van der Waals surface area (Å²) in [6.07, 6.45) is 3.82. The number of esters is 1. The van der Waals surface area contributed by atoms with E-state index in [4.69, 9.17) is 9.62 Å². The maximum atomic E-state index is 11.7. The number of benzene rings is 2. The average molecular weight is 340 g/mol. The predicted octanol–water partition coefficient (Wildman–Crippen LogP) is 4.04. The molecule has 5 heteroatoms. The van der Waals surface area contributed by atoms with Crippen LogP contribution in [-0.2, 0) is 19.4 Å². The van der Waals surface area contributed by atoms with E-state index in [-0.39, 0.29) is 5.75 Å². The lowest BCUT2D eigenvalue weighted by Gasteiger charge is -2.15. The summed E-state index contributed by atoms with van der Waals surface area (Å²) < 4.78 is 5.01. The maximum Gasteiger partial charge on any atom is 0.450 e. The van der Waals surface area contributed by atoms with Crippen molar-refractivity contribution in [3.8, 4) is 5.75 Å². The standard InChI is InChI=1S/C20H20O5/c1-20(2,3)25-24-19(22)18(21)23-17-11-7-10-16(14-17)13-12-15-8-5-4-6-9-15/h4-14H,1-3H3/b13-12+. The first-order valence-electron chi connectivity index (χ1n) is 7.78. The van der Waals surface area contributed by atoms with Crippen LogP contribution in [0.5, 0.6) is 5.75 Å². The molecule has 0 bridgehead atoms. The number of carbonyl (C=O) groups is 2. The number of rotatable bonds is 4. The second-order valence-electron chi connectivity index (χ2n) is 6.27. The zero-order valence-electron chi connectivity index (χ0n) is 14.4. The third-order valence-electron chi connectivity index (χ3n) is 2.87. The van der Waals surface area contributed by atoms with Crippen molar-refractivity contribution in [3.63, 3.8) is 0 Å². The van der Waals surface area contributed by atoms with Gasteiger partial charge in [-0.15, -0.1) is 0 Å². The second kappa shape index (κ2) is 8.26. The third kappa shape index (κ3) is 6.61. The Bertz CT molecular complexity index is 757. The Morgan fingerprint density at radius 1 is 0.840 bits per heavy atom. The van der Waals surface area contributed by atoms with Crippen LogP contribution in [0.2, 0.25) is 0 Å². The highest BCUT2D eigenvalue weighted by molar-refractivity contribution is 6.30. The van der Waals surface area contributed by atoms with Gasteiger partial charge in [-0.05, 0) is 44.0 Å². The Morgan fingerprint density at radius 3 is 2.16 bits per heavy atom. The molecule has 0 spiro atoms. The van der Waals surface area contributed by atoms with Gasteiger partial charge in [0.25, 0.3) is 0 Å².